The summed E-state index contributed by atoms with van der Waals surface area (Å²) >= 11 is 0. The van der Waals surface area contributed by atoms with Crippen LogP contribution in [0.25, 0.3) is 22.2 Å². The minimum absolute atomic E-state index is 0.0988. The van der Waals surface area contributed by atoms with E-state index in [4.69, 9.17) is 0 Å². The van der Waals surface area contributed by atoms with Gasteiger partial charge in [0, 0.05) is 28.6 Å². The molecule has 0 fully saturated rings. The Morgan fingerprint density at radius 2 is 1.71 bits per heavy atom. The molecule has 5 heteroatoms. The highest BCUT2D eigenvalue weighted by molar-refractivity contribution is 6.02. The molecule has 2 heterocycles. The minimum Gasteiger partial charge on any atom is -0.481 e. The van der Waals surface area contributed by atoms with Gasteiger partial charge >= 0.3 is 5.97 Å². The van der Waals surface area contributed by atoms with E-state index in [0.717, 1.165) is 33.3 Å². The molecule has 1 amide bonds. The number of aromatic nitrogens is 1. The van der Waals surface area contributed by atoms with E-state index in [1.807, 2.05) is 42.5 Å². The van der Waals surface area contributed by atoms with Crippen LogP contribution in [-0.4, -0.2) is 33.4 Å². The average Bonchev–Trinajstić information content (AvgIpc) is 3.28. The van der Waals surface area contributed by atoms with Crippen molar-refractivity contribution < 1.29 is 14.7 Å². The van der Waals surface area contributed by atoms with Crippen molar-refractivity contribution in [1.82, 2.24) is 9.88 Å². The number of para-hydroxylation sites is 1. The first-order valence-corrected chi connectivity index (χ1v) is 10.3. The smallest absolute Gasteiger partial charge is 0.305 e. The van der Waals surface area contributed by atoms with Crippen LogP contribution in [-0.2, 0) is 4.79 Å². The van der Waals surface area contributed by atoms with Crippen LogP contribution >= 0.6 is 0 Å². The third kappa shape index (κ3) is 3.19. The molecule has 154 valence electrons. The second-order valence-corrected chi connectivity index (χ2v) is 7.96. The highest BCUT2D eigenvalue weighted by atomic mass is 16.4. The predicted molar refractivity (Wildman–Crippen MR) is 120 cm³/mol. The Labute approximate surface area is 179 Å². The number of nitrogens with zero attached hydrogens (tertiary/aromatic N) is 1. The van der Waals surface area contributed by atoms with Crippen LogP contribution in [0.5, 0.6) is 0 Å². The monoisotopic (exact) mass is 410 g/mol. The van der Waals surface area contributed by atoms with E-state index >= 15 is 0 Å². The summed E-state index contributed by atoms with van der Waals surface area (Å²) in [6, 6.07) is 23.6. The van der Waals surface area contributed by atoms with Crippen LogP contribution in [0, 0.1) is 6.92 Å². The summed E-state index contributed by atoms with van der Waals surface area (Å²) in [7, 11) is 0. The molecule has 1 aliphatic rings. The number of nitrogens with one attached hydrogen (secondary N) is 1. The van der Waals surface area contributed by atoms with Gasteiger partial charge < -0.3 is 15.0 Å². The number of carboxylic acids is 1. The third-order valence-electron chi connectivity index (χ3n) is 5.98. The average molecular weight is 410 g/mol. The fourth-order valence-corrected chi connectivity index (χ4v) is 4.52. The third-order valence-corrected chi connectivity index (χ3v) is 5.98. The standard InChI is InChI=1S/C26H22N2O3/c1-16-10-12-17(13-11-16)24-23(20-8-4-5-9-21(20)27-24)25-18-6-2-3-7-19(18)26(31)28(25)15-14-22(29)30/h2-13,25,27H,14-15H2,1H3,(H,29,30)/t25-/m0/s1. The van der Waals surface area contributed by atoms with Crippen molar-refractivity contribution in [3.8, 4) is 11.3 Å². The number of carbonyl (C=O) groups is 2. The van der Waals surface area contributed by atoms with E-state index in [0.29, 0.717) is 5.56 Å². The normalized spacial score (nSPS) is 15.5. The lowest BCUT2D eigenvalue weighted by molar-refractivity contribution is -0.137. The van der Waals surface area contributed by atoms with Crippen LogP contribution in [0.15, 0.2) is 72.8 Å². The zero-order chi connectivity index (χ0) is 21.5. The van der Waals surface area contributed by atoms with Gasteiger partial charge in [-0.2, -0.15) is 0 Å². The van der Waals surface area contributed by atoms with Gasteiger partial charge in [0.25, 0.3) is 5.91 Å². The quantitative estimate of drug-likeness (QED) is 0.477. The Bertz CT molecular complexity index is 1300. The number of aryl methyl sites for hydroxylation is 1. The lowest BCUT2D eigenvalue weighted by atomic mass is 9.93. The number of rotatable bonds is 5. The van der Waals surface area contributed by atoms with Crippen LogP contribution in [0.2, 0.25) is 0 Å². The second kappa shape index (κ2) is 7.43. The molecule has 5 rings (SSSR count). The number of amides is 1. The van der Waals surface area contributed by atoms with Gasteiger partial charge in [0.15, 0.2) is 0 Å². The minimum atomic E-state index is -0.916. The molecule has 3 aromatic carbocycles. The maximum absolute atomic E-state index is 13.3. The Kier molecular flexibility index (Phi) is 4.59. The van der Waals surface area contributed by atoms with E-state index in [-0.39, 0.29) is 24.9 Å². The maximum Gasteiger partial charge on any atom is 0.305 e. The topological polar surface area (TPSA) is 73.4 Å². The first-order valence-electron chi connectivity index (χ1n) is 10.3. The van der Waals surface area contributed by atoms with Crippen molar-refractivity contribution in [3.05, 3.63) is 95.1 Å². The van der Waals surface area contributed by atoms with E-state index in [1.165, 1.54) is 5.56 Å². The summed E-state index contributed by atoms with van der Waals surface area (Å²) in [6.07, 6.45) is -0.0988. The van der Waals surface area contributed by atoms with Gasteiger partial charge in [-0.1, -0.05) is 66.2 Å². The number of fused-ring (bicyclic) bond motifs is 2. The van der Waals surface area contributed by atoms with Gasteiger partial charge in [0.2, 0.25) is 0 Å². The first-order chi connectivity index (χ1) is 15.0. The largest absolute Gasteiger partial charge is 0.481 e. The van der Waals surface area contributed by atoms with E-state index in [1.54, 1.807) is 4.90 Å². The molecule has 31 heavy (non-hydrogen) atoms. The van der Waals surface area contributed by atoms with Crippen molar-refractivity contribution in [3.63, 3.8) is 0 Å². The molecule has 0 unspecified atom stereocenters. The number of carbonyl (C=O) groups excluding carboxylic acids is 1. The van der Waals surface area contributed by atoms with Crippen molar-refractivity contribution >= 4 is 22.8 Å². The summed E-state index contributed by atoms with van der Waals surface area (Å²) in [5.41, 5.74) is 6.70. The van der Waals surface area contributed by atoms with Gasteiger partial charge in [-0.25, -0.2) is 0 Å². The number of aromatic amines is 1. The molecule has 2 N–H and O–H groups in total. The van der Waals surface area contributed by atoms with E-state index < -0.39 is 5.97 Å². The van der Waals surface area contributed by atoms with Gasteiger partial charge in [-0.15, -0.1) is 0 Å². The van der Waals surface area contributed by atoms with Crippen molar-refractivity contribution in [2.75, 3.05) is 6.54 Å². The molecule has 1 aromatic heterocycles. The van der Waals surface area contributed by atoms with Crippen molar-refractivity contribution in [2.45, 2.75) is 19.4 Å². The molecule has 1 atom stereocenters. The highest BCUT2D eigenvalue weighted by Gasteiger charge is 2.40. The molecular formula is C26H22N2O3. The first kappa shape index (κ1) is 19.1. The molecule has 5 nitrogen and oxygen atoms in total. The van der Waals surface area contributed by atoms with Gasteiger partial charge in [-0.05, 0) is 30.2 Å². The lowest BCUT2D eigenvalue weighted by Gasteiger charge is -2.26. The summed E-state index contributed by atoms with van der Waals surface area (Å²) in [6.45, 7) is 2.20. The fourth-order valence-electron chi connectivity index (χ4n) is 4.52. The fraction of sp³-hybridized carbons (Fsp3) is 0.154. The SMILES string of the molecule is Cc1ccc(-c2[nH]c3ccccc3c2[C@@H]2c3ccccc3C(=O)N2CCC(=O)O)cc1. The molecule has 0 aliphatic carbocycles. The van der Waals surface area contributed by atoms with Crippen LogP contribution in [0.4, 0.5) is 0 Å². The summed E-state index contributed by atoms with van der Waals surface area (Å²) in [4.78, 5) is 29.8. The van der Waals surface area contributed by atoms with E-state index in [9.17, 15) is 14.7 Å². The van der Waals surface area contributed by atoms with Crippen molar-refractivity contribution in [1.29, 1.82) is 0 Å². The number of hydrogen-bond acceptors (Lipinski definition) is 2. The van der Waals surface area contributed by atoms with Gasteiger partial charge in [-0.3, -0.25) is 9.59 Å². The van der Waals surface area contributed by atoms with Gasteiger partial charge in [0.05, 0.1) is 18.2 Å². The van der Waals surface area contributed by atoms with Crippen molar-refractivity contribution in [2.24, 2.45) is 0 Å². The van der Waals surface area contributed by atoms with E-state index in [2.05, 4.69) is 42.2 Å². The lowest BCUT2D eigenvalue weighted by Crippen LogP contribution is -2.31. The Morgan fingerprint density at radius 3 is 2.48 bits per heavy atom. The maximum atomic E-state index is 13.3. The molecule has 4 aromatic rings. The summed E-state index contributed by atoms with van der Waals surface area (Å²) in [5, 5.41) is 10.3. The van der Waals surface area contributed by atoms with Crippen LogP contribution in [0.3, 0.4) is 0 Å². The molecule has 0 radical (unpaired) electrons. The Hall–Kier alpha value is -3.86. The predicted octanol–water partition coefficient (Wildman–Crippen LogP) is 5.16. The van der Waals surface area contributed by atoms with Crippen LogP contribution in [0.1, 0.15) is 39.5 Å². The molecule has 1 aliphatic heterocycles. The van der Waals surface area contributed by atoms with Gasteiger partial charge in [0.1, 0.15) is 0 Å². The number of carboxylic acid groups (broad SMARTS) is 1. The molecule has 0 bridgehead atoms. The number of benzene rings is 3. The molecule has 0 spiro atoms. The zero-order valence-corrected chi connectivity index (χ0v) is 17.1. The highest BCUT2D eigenvalue weighted by Crippen LogP contribution is 2.45. The summed E-state index contributed by atoms with van der Waals surface area (Å²) in [5.74, 6) is -1.04. The van der Waals surface area contributed by atoms with Crippen LogP contribution < -0.4 is 0 Å². The Morgan fingerprint density at radius 1 is 1.00 bits per heavy atom. The summed E-state index contributed by atoms with van der Waals surface area (Å²) < 4.78 is 0. The number of aliphatic carboxylic acids is 1. The number of H-pyrrole nitrogens is 1. The molecule has 0 saturated heterocycles. The zero-order valence-electron chi connectivity index (χ0n) is 17.1. The number of hydrogen-bond donors (Lipinski definition) is 2. The Balaban J connectivity index is 1.76. The molecular weight excluding hydrogens is 388 g/mol. The second-order valence-electron chi connectivity index (χ2n) is 7.96. The molecule has 0 saturated carbocycles.